The molecule has 0 radical (unpaired) electrons. The summed E-state index contributed by atoms with van der Waals surface area (Å²) >= 11 is 0. The lowest BCUT2D eigenvalue weighted by atomic mass is 9.93. The number of nitrogens with zero attached hydrogens (tertiary/aromatic N) is 7. The monoisotopic (exact) mass is 485 g/mol. The number of hydrogen-bond acceptors (Lipinski definition) is 6. The van der Waals surface area contributed by atoms with Crippen molar-refractivity contribution in [1.29, 1.82) is 10.5 Å². The zero-order valence-corrected chi connectivity index (χ0v) is 20.5. The number of carbonyl (C=O) groups excluding carboxylic acids is 1. The Labute approximate surface area is 213 Å². The summed E-state index contributed by atoms with van der Waals surface area (Å²) in [6.07, 6.45) is 2.26. The Morgan fingerprint density at radius 1 is 1.11 bits per heavy atom. The Balaban J connectivity index is 0.00000304. The van der Waals surface area contributed by atoms with E-state index in [-0.39, 0.29) is 19.3 Å². The fourth-order valence-corrected chi connectivity index (χ4v) is 5.54. The van der Waals surface area contributed by atoms with Crippen LogP contribution in [0, 0.1) is 28.6 Å². The molecule has 2 aromatic heterocycles. The van der Waals surface area contributed by atoms with Crippen molar-refractivity contribution in [1.82, 2.24) is 19.2 Å². The predicted octanol–water partition coefficient (Wildman–Crippen LogP) is 3.96. The third kappa shape index (κ3) is 4.27. The minimum atomic E-state index is 0. The predicted molar refractivity (Wildman–Crippen MR) is 142 cm³/mol. The van der Waals surface area contributed by atoms with E-state index in [1.165, 1.54) is 0 Å². The highest BCUT2D eigenvalue weighted by Gasteiger charge is 2.32. The minimum absolute atomic E-state index is 0. The van der Waals surface area contributed by atoms with Crippen LogP contribution in [0.3, 0.4) is 0 Å². The Kier molecular flexibility index (Phi) is 7.47. The second kappa shape index (κ2) is 10.6. The standard InChI is InChI=1S/C27H31N7O.CH4/c1-3-31(4-2)18-25(35)33-14-11-20-21(16-29)26-30-23-7-5-6-8-24(23)34(26)27(22(20)17-33)32-12-9-19(15-28)10-13-32;/h5-8,19H,3-4,9-14,17-18H2,1-2H3;1H4. The summed E-state index contributed by atoms with van der Waals surface area (Å²) < 4.78 is 2.12. The van der Waals surface area contributed by atoms with Gasteiger partial charge in [-0.1, -0.05) is 33.4 Å². The summed E-state index contributed by atoms with van der Waals surface area (Å²) in [5, 5.41) is 19.6. The molecule has 8 heteroatoms. The first-order chi connectivity index (χ1) is 17.1. The van der Waals surface area contributed by atoms with Gasteiger partial charge in [-0.25, -0.2) is 4.98 Å². The average molecular weight is 486 g/mol. The van der Waals surface area contributed by atoms with Crippen molar-refractivity contribution in [2.24, 2.45) is 5.92 Å². The lowest BCUT2D eigenvalue weighted by Crippen LogP contribution is -2.44. The van der Waals surface area contributed by atoms with Gasteiger partial charge >= 0.3 is 0 Å². The van der Waals surface area contributed by atoms with Crippen molar-refractivity contribution in [3.8, 4) is 12.1 Å². The Bertz CT molecular complexity index is 1350. The largest absolute Gasteiger partial charge is 0.357 e. The SMILES string of the molecule is C.CCN(CC)CC(=O)N1CCc2c(c(N3CCC(C#N)CC3)n3c(nc4ccccc43)c2C#N)C1. The normalized spacial score (nSPS) is 16.0. The van der Waals surface area contributed by atoms with E-state index in [1.807, 2.05) is 29.2 Å². The van der Waals surface area contributed by atoms with Crippen LogP contribution < -0.4 is 4.90 Å². The first-order valence-corrected chi connectivity index (χ1v) is 12.6. The van der Waals surface area contributed by atoms with Gasteiger partial charge in [0, 0.05) is 37.7 Å². The number of nitriles is 2. The van der Waals surface area contributed by atoms with E-state index in [0.29, 0.717) is 37.3 Å². The van der Waals surface area contributed by atoms with E-state index in [0.717, 1.165) is 67.0 Å². The second-order valence-corrected chi connectivity index (χ2v) is 9.44. The molecule has 2 aliphatic rings. The molecule has 0 spiro atoms. The highest BCUT2D eigenvalue weighted by atomic mass is 16.2. The van der Waals surface area contributed by atoms with E-state index < -0.39 is 0 Å². The number of rotatable bonds is 5. The number of para-hydroxylation sites is 2. The molecule has 0 aliphatic carbocycles. The summed E-state index contributed by atoms with van der Waals surface area (Å²) in [7, 11) is 0. The van der Waals surface area contributed by atoms with Gasteiger partial charge in [0.1, 0.15) is 11.9 Å². The smallest absolute Gasteiger partial charge is 0.237 e. The third-order valence-corrected chi connectivity index (χ3v) is 7.61. The van der Waals surface area contributed by atoms with Gasteiger partial charge in [-0.05, 0) is 50.0 Å². The van der Waals surface area contributed by atoms with Gasteiger partial charge in [-0.3, -0.25) is 14.1 Å². The Hall–Kier alpha value is -3.62. The van der Waals surface area contributed by atoms with Crippen LogP contribution in [0.25, 0.3) is 16.7 Å². The van der Waals surface area contributed by atoms with E-state index in [4.69, 9.17) is 4.98 Å². The van der Waals surface area contributed by atoms with Crippen molar-refractivity contribution in [3.63, 3.8) is 0 Å². The number of amides is 1. The summed E-state index contributed by atoms with van der Waals surface area (Å²) in [6, 6.07) is 12.8. The molecule has 188 valence electrons. The zero-order valence-electron chi connectivity index (χ0n) is 20.5. The highest BCUT2D eigenvalue weighted by molar-refractivity contribution is 5.87. The molecule has 0 N–H and O–H groups in total. The number of likely N-dealkylation sites (N-methyl/N-ethyl adjacent to an activating group) is 1. The number of aromatic nitrogens is 2. The molecule has 1 saturated heterocycles. The van der Waals surface area contributed by atoms with Gasteiger partial charge < -0.3 is 9.80 Å². The molecule has 0 atom stereocenters. The van der Waals surface area contributed by atoms with Gasteiger partial charge in [0.05, 0.1) is 29.2 Å². The molecule has 0 unspecified atom stereocenters. The molecule has 3 aromatic rings. The summed E-state index contributed by atoms with van der Waals surface area (Å²) in [4.78, 5) is 24.5. The highest BCUT2D eigenvalue weighted by Crippen LogP contribution is 2.38. The minimum Gasteiger partial charge on any atom is -0.357 e. The summed E-state index contributed by atoms with van der Waals surface area (Å²) in [6.45, 7) is 8.87. The number of anilines is 1. The number of benzene rings is 1. The molecular formula is C28H35N7O. The molecule has 1 fully saturated rings. The molecule has 1 aromatic carbocycles. The second-order valence-electron chi connectivity index (χ2n) is 9.44. The van der Waals surface area contributed by atoms with Crippen molar-refractivity contribution < 1.29 is 4.79 Å². The number of imidazole rings is 1. The molecule has 5 rings (SSSR count). The van der Waals surface area contributed by atoms with Crippen LogP contribution in [0.1, 0.15) is 50.8 Å². The molecular weight excluding hydrogens is 450 g/mol. The molecule has 36 heavy (non-hydrogen) atoms. The first kappa shape index (κ1) is 25.5. The Morgan fingerprint density at radius 3 is 2.50 bits per heavy atom. The lowest BCUT2D eigenvalue weighted by Gasteiger charge is -2.38. The van der Waals surface area contributed by atoms with Crippen LogP contribution >= 0.6 is 0 Å². The van der Waals surface area contributed by atoms with E-state index in [1.54, 1.807) is 0 Å². The van der Waals surface area contributed by atoms with Crippen LogP contribution in [-0.4, -0.2) is 64.4 Å². The fourth-order valence-electron chi connectivity index (χ4n) is 5.54. The van der Waals surface area contributed by atoms with Crippen LogP contribution in [0.15, 0.2) is 24.3 Å². The fraction of sp³-hybridized carbons (Fsp3) is 0.500. The maximum absolute atomic E-state index is 13.2. The molecule has 0 saturated carbocycles. The summed E-state index contributed by atoms with van der Waals surface area (Å²) in [5.74, 6) is 1.23. The number of piperidine rings is 1. The van der Waals surface area contributed by atoms with Gasteiger partial charge in [-0.2, -0.15) is 10.5 Å². The average Bonchev–Trinajstić information content (AvgIpc) is 3.29. The topological polar surface area (TPSA) is 91.7 Å². The van der Waals surface area contributed by atoms with Crippen LogP contribution in [0.5, 0.6) is 0 Å². The van der Waals surface area contributed by atoms with Gasteiger partial charge in [0.15, 0.2) is 5.65 Å². The maximum atomic E-state index is 13.2. The van der Waals surface area contributed by atoms with Crippen LogP contribution in [0.4, 0.5) is 5.82 Å². The van der Waals surface area contributed by atoms with Crippen LogP contribution in [0.2, 0.25) is 0 Å². The number of carbonyl (C=O) groups is 1. The van der Waals surface area contributed by atoms with Crippen molar-refractivity contribution in [3.05, 3.63) is 41.0 Å². The molecule has 4 heterocycles. The van der Waals surface area contributed by atoms with Gasteiger partial charge in [0.25, 0.3) is 0 Å². The molecule has 8 nitrogen and oxygen atoms in total. The number of hydrogen-bond donors (Lipinski definition) is 0. The van der Waals surface area contributed by atoms with E-state index in [2.05, 4.69) is 40.2 Å². The number of fused-ring (bicyclic) bond motifs is 4. The summed E-state index contributed by atoms with van der Waals surface area (Å²) in [5.41, 5.74) is 5.18. The van der Waals surface area contributed by atoms with Gasteiger partial charge in [0.2, 0.25) is 5.91 Å². The number of pyridine rings is 1. The van der Waals surface area contributed by atoms with Gasteiger partial charge in [-0.15, -0.1) is 0 Å². The van der Waals surface area contributed by atoms with Crippen molar-refractivity contribution >= 4 is 28.4 Å². The Morgan fingerprint density at radius 2 is 1.83 bits per heavy atom. The van der Waals surface area contributed by atoms with Crippen molar-refractivity contribution in [2.75, 3.05) is 44.2 Å². The molecule has 0 bridgehead atoms. The maximum Gasteiger partial charge on any atom is 0.237 e. The lowest BCUT2D eigenvalue weighted by molar-refractivity contribution is -0.133. The third-order valence-electron chi connectivity index (χ3n) is 7.61. The molecule has 1 amide bonds. The van der Waals surface area contributed by atoms with Crippen molar-refractivity contribution in [2.45, 2.75) is 47.1 Å². The van der Waals surface area contributed by atoms with Crippen LogP contribution in [-0.2, 0) is 17.8 Å². The zero-order chi connectivity index (χ0) is 24.5. The molecule has 2 aliphatic heterocycles. The quantitative estimate of drug-likeness (QED) is 0.543. The van der Waals surface area contributed by atoms with E-state index in [9.17, 15) is 15.3 Å². The first-order valence-electron chi connectivity index (χ1n) is 12.6. The van der Waals surface area contributed by atoms with E-state index >= 15 is 0 Å².